The molecule has 0 aliphatic heterocycles. The summed E-state index contributed by atoms with van der Waals surface area (Å²) >= 11 is 0. The quantitative estimate of drug-likeness (QED) is 0.156. The highest BCUT2D eigenvalue weighted by molar-refractivity contribution is 5.93. The highest BCUT2D eigenvalue weighted by Crippen LogP contribution is 1.98. The number of carboxylic acids is 1. The normalized spacial score (nSPS) is 13.7. The van der Waals surface area contributed by atoms with Crippen molar-refractivity contribution in [3.8, 4) is 0 Å². The Bertz CT molecular complexity index is 555. The molecule has 0 fully saturated rings. The van der Waals surface area contributed by atoms with E-state index in [9.17, 15) is 24.0 Å². The first-order chi connectivity index (χ1) is 12.6. The van der Waals surface area contributed by atoms with Gasteiger partial charge in [-0.3, -0.25) is 19.2 Å². The van der Waals surface area contributed by atoms with Crippen molar-refractivity contribution in [1.29, 1.82) is 0 Å². The van der Waals surface area contributed by atoms with Gasteiger partial charge in [0.1, 0.15) is 12.1 Å². The van der Waals surface area contributed by atoms with E-state index in [2.05, 4.69) is 16.0 Å². The first kappa shape index (κ1) is 24.3. The van der Waals surface area contributed by atoms with Gasteiger partial charge in [-0.1, -0.05) is 6.42 Å². The smallest absolute Gasteiger partial charge is 0.326 e. The molecule has 4 amide bonds. The largest absolute Gasteiger partial charge is 0.480 e. The predicted molar refractivity (Wildman–Crippen MR) is 94.9 cm³/mol. The molecule has 0 aliphatic rings. The van der Waals surface area contributed by atoms with Crippen molar-refractivity contribution in [2.75, 3.05) is 13.1 Å². The lowest BCUT2D eigenvalue weighted by atomic mass is 10.1. The van der Waals surface area contributed by atoms with Gasteiger partial charge in [-0.25, -0.2) is 4.79 Å². The number of hydrogen-bond acceptors (Lipinski definition) is 7. The minimum Gasteiger partial charge on any atom is -0.480 e. The SMILES string of the molecule is CC(NC(=O)CNC(=O)C(N)CCCCN)C(=O)NC(CC(N)=O)C(=O)O. The molecule has 3 unspecified atom stereocenters. The molecule has 0 saturated heterocycles. The van der Waals surface area contributed by atoms with Gasteiger partial charge in [0.05, 0.1) is 19.0 Å². The van der Waals surface area contributed by atoms with E-state index in [-0.39, 0.29) is 0 Å². The Morgan fingerprint density at radius 3 is 2.19 bits per heavy atom. The van der Waals surface area contributed by atoms with Gasteiger partial charge in [-0.15, -0.1) is 0 Å². The second kappa shape index (κ2) is 12.6. The van der Waals surface area contributed by atoms with Crippen molar-refractivity contribution in [3.63, 3.8) is 0 Å². The Morgan fingerprint density at radius 1 is 1.04 bits per heavy atom. The van der Waals surface area contributed by atoms with Crippen LogP contribution in [0.15, 0.2) is 0 Å². The van der Waals surface area contributed by atoms with E-state index in [1.807, 2.05) is 0 Å². The molecule has 0 aliphatic carbocycles. The predicted octanol–water partition coefficient (Wildman–Crippen LogP) is -3.49. The zero-order valence-corrected chi connectivity index (χ0v) is 15.2. The van der Waals surface area contributed by atoms with Crippen LogP contribution in [0.2, 0.25) is 0 Å². The Labute approximate surface area is 156 Å². The molecule has 154 valence electrons. The molecular formula is C15H28N6O6. The number of unbranched alkanes of at least 4 members (excludes halogenated alkanes) is 1. The Morgan fingerprint density at radius 2 is 1.67 bits per heavy atom. The number of carbonyl (C=O) groups is 5. The summed E-state index contributed by atoms with van der Waals surface area (Å²) in [4.78, 5) is 57.2. The Balaban J connectivity index is 4.35. The molecule has 0 aromatic heterocycles. The zero-order chi connectivity index (χ0) is 21.0. The lowest BCUT2D eigenvalue weighted by Crippen LogP contribution is -2.53. The van der Waals surface area contributed by atoms with Gasteiger partial charge in [0, 0.05) is 0 Å². The van der Waals surface area contributed by atoms with Gasteiger partial charge >= 0.3 is 5.97 Å². The van der Waals surface area contributed by atoms with Gasteiger partial charge in [0.25, 0.3) is 0 Å². The number of nitrogens with two attached hydrogens (primary N) is 3. The molecule has 0 spiro atoms. The van der Waals surface area contributed by atoms with Crippen LogP contribution in [0.4, 0.5) is 0 Å². The van der Waals surface area contributed by atoms with Gasteiger partial charge in [-0.2, -0.15) is 0 Å². The number of aliphatic carboxylic acids is 1. The first-order valence-electron chi connectivity index (χ1n) is 8.42. The van der Waals surface area contributed by atoms with Crippen LogP contribution in [-0.2, 0) is 24.0 Å². The van der Waals surface area contributed by atoms with Crippen molar-refractivity contribution >= 4 is 29.6 Å². The van der Waals surface area contributed by atoms with E-state index in [4.69, 9.17) is 22.3 Å². The molecule has 3 atom stereocenters. The summed E-state index contributed by atoms with van der Waals surface area (Å²) in [6.07, 6.45) is 1.27. The summed E-state index contributed by atoms with van der Waals surface area (Å²) in [6, 6.07) is -3.36. The molecule has 0 rings (SSSR count). The van der Waals surface area contributed by atoms with Crippen LogP contribution >= 0.6 is 0 Å². The summed E-state index contributed by atoms with van der Waals surface area (Å²) in [7, 11) is 0. The lowest BCUT2D eigenvalue weighted by Gasteiger charge is -2.18. The van der Waals surface area contributed by atoms with E-state index >= 15 is 0 Å². The number of rotatable bonds is 13. The number of carboxylic acid groups (broad SMARTS) is 1. The maximum absolute atomic E-state index is 11.9. The van der Waals surface area contributed by atoms with E-state index in [0.717, 1.165) is 6.42 Å². The number of carbonyl (C=O) groups excluding carboxylic acids is 4. The van der Waals surface area contributed by atoms with Crippen LogP contribution in [0.3, 0.4) is 0 Å². The molecule has 12 heteroatoms. The number of primary amides is 1. The molecule has 0 heterocycles. The van der Waals surface area contributed by atoms with E-state index < -0.39 is 60.7 Å². The lowest BCUT2D eigenvalue weighted by molar-refractivity contribution is -0.143. The number of amides is 4. The fraction of sp³-hybridized carbons (Fsp3) is 0.667. The van der Waals surface area contributed by atoms with Crippen LogP contribution in [0.5, 0.6) is 0 Å². The van der Waals surface area contributed by atoms with Crippen LogP contribution in [0, 0.1) is 0 Å². The Hall–Kier alpha value is -2.73. The molecule has 0 bridgehead atoms. The summed E-state index contributed by atoms with van der Waals surface area (Å²) in [5.74, 6) is -4.32. The highest BCUT2D eigenvalue weighted by atomic mass is 16.4. The van der Waals surface area contributed by atoms with Crippen LogP contribution in [-0.4, -0.2) is 65.9 Å². The van der Waals surface area contributed by atoms with Crippen LogP contribution in [0.1, 0.15) is 32.6 Å². The van der Waals surface area contributed by atoms with E-state index in [1.54, 1.807) is 0 Å². The van der Waals surface area contributed by atoms with Crippen LogP contribution in [0.25, 0.3) is 0 Å². The zero-order valence-electron chi connectivity index (χ0n) is 15.2. The minimum absolute atomic E-state index is 0.398. The van der Waals surface area contributed by atoms with Crippen molar-refractivity contribution in [1.82, 2.24) is 16.0 Å². The van der Waals surface area contributed by atoms with Gasteiger partial charge < -0.3 is 38.3 Å². The molecule has 0 saturated carbocycles. The monoisotopic (exact) mass is 388 g/mol. The standard InChI is InChI=1S/C15H28N6O6/c1-8(13(24)21-10(15(26)27)6-11(18)22)20-12(23)7-19-14(25)9(17)4-2-3-5-16/h8-10H,2-7,16-17H2,1H3,(H2,18,22)(H,19,25)(H,20,23)(H,21,24)(H,26,27). The average Bonchev–Trinajstić information content (AvgIpc) is 2.58. The molecule has 12 nitrogen and oxygen atoms in total. The van der Waals surface area contributed by atoms with E-state index in [0.29, 0.717) is 19.4 Å². The third-order valence-corrected chi connectivity index (χ3v) is 3.52. The first-order valence-corrected chi connectivity index (χ1v) is 8.42. The molecule has 10 N–H and O–H groups in total. The van der Waals surface area contributed by atoms with Crippen molar-refractivity contribution < 1.29 is 29.1 Å². The maximum atomic E-state index is 11.9. The fourth-order valence-electron chi connectivity index (χ4n) is 1.99. The van der Waals surface area contributed by atoms with Crippen LogP contribution < -0.4 is 33.2 Å². The molecule has 0 aromatic rings. The fourth-order valence-corrected chi connectivity index (χ4v) is 1.99. The second-order valence-electron chi connectivity index (χ2n) is 5.97. The number of hydrogen-bond donors (Lipinski definition) is 7. The van der Waals surface area contributed by atoms with Crippen molar-refractivity contribution in [2.24, 2.45) is 17.2 Å². The average molecular weight is 388 g/mol. The summed E-state index contributed by atoms with van der Waals surface area (Å²) < 4.78 is 0. The third kappa shape index (κ3) is 10.8. The summed E-state index contributed by atoms with van der Waals surface area (Å²) in [5, 5.41) is 15.7. The highest BCUT2D eigenvalue weighted by Gasteiger charge is 2.25. The molecule has 0 radical (unpaired) electrons. The van der Waals surface area contributed by atoms with Gasteiger partial charge in [0.15, 0.2) is 0 Å². The van der Waals surface area contributed by atoms with Crippen molar-refractivity contribution in [3.05, 3.63) is 0 Å². The molecule has 27 heavy (non-hydrogen) atoms. The summed E-state index contributed by atoms with van der Waals surface area (Å²) in [6.45, 7) is 1.42. The van der Waals surface area contributed by atoms with Gasteiger partial charge in [0.2, 0.25) is 23.6 Å². The maximum Gasteiger partial charge on any atom is 0.326 e. The minimum atomic E-state index is -1.50. The second-order valence-corrected chi connectivity index (χ2v) is 5.97. The van der Waals surface area contributed by atoms with Gasteiger partial charge in [-0.05, 0) is 26.3 Å². The van der Waals surface area contributed by atoms with E-state index in [1.165, 1.54) is 6.92 Å². The topological polar surface area (TPSA) is 220 Å². The summed E-state index contributed by atoms with van der Waals surface area (Å²) in [5.41, 5.74) is 15.9. The molecule has 0 aromatic carbocycles. The molecular weight excluding hydrogens is 360 g/mol. The Kier molecular flexibility index (Phi) is 11.3. The van der Waals surface area contributed by atoms with Crippen molar-refractivity contribution in [2.45, 2.75) is 50.7 Å². The third-order valence-electron chi connectivity index (χ3n) is 3.52. The number of nitrogens with one attached hydrogen (secondary N) is 3.